The van der Waals surface area contributed by atoms with Crippen molar-refractivity contribution in [3.63, 3.8) is 0 Å². The minimum atomic E-state index is -0.386. The van der Waals surface area contributed by atoms with Gasteiger partial charge in [-0.3, -0.25) is 10.1 Å². The lowest BCUT2D eigenvalue weighted by molar-refractivity contribution is -0.384. The molecule has 96 valence electrons. The van der Waals surface area contributed by atoms with Gasteiger partial charge in [0.2, 0.25) is 0 Å². The molecule has 1 atom stereocenters. The minimum Gasteiger partial charge on any atom is -0.359 e. The molecule has 0 fully saturated rings. The van der Waals surface area contributed by atoms with Gasteiger partial charge in [-0.25, -0.2) is 4.98 Å². The van der Waals surface area contributed by atoms with Crippen LogP contribution in [0.1, 0.15) is 20.8 Å². The van der Waals surface area contributed by atoms with Gasteiger partial charge in [0.05, 0.1) is 15.1 Å². The van der Waals surface area contributed by atoms with Crippen molar-refractivity contribution in [3.8, 4) is 0 Å². The van der Waals surface area contributed by atoms with Crippen molar-refractivity contribution in [3.05, 3.63) is 28.3 Å². The van der Waals surface area contributed by atoms with Crippen molar-refractivity contribution < 1.29 is 4.92 Å². The first-order valence-electron chi connectivity index (χ1n) is 5.79. The molecule has 0 aliphatic carbocycles. The zero-order valence-corrected chi connectivity index (χ0v) is 11.3. The highest BCUT2D eigenvalue weighted by molar-refractivity contribution is 7.22. The molecule has 0 aliphatic rings. The van der Waals surface area contributed by atoms with Crippen LogP contribution in [-0.4, -0.2) is 15.9 Å². The van der Waals surface area contributed by atoms with E-state index >= 15 is 0 Å². The Morgan fingerprint density at radius 3 is 2.72 bits per heavy atom. The Morgan fingerprint density at radius 1 is 1.39 bits per heavy atom. The summed E-state index contributed by atoms with van der Waals surface area (Å²) in [6, 6.07) is 5.06. The molecule has 0 saturated carbocycles. The summed E-state index contributed by atoms with van der Waals surface area (Å²) in [4.78, 5) is 14.7. The van der Waals surface area contributed by atoms with E-state index in [1.165, 1.54) is 17.4 Å². The topological polar surface area (TPSA) is 68.1 Å². The second-order valence-corrected chi connectivity index (χ2v) is 5.64. The molecular weight excluding hydrogens is 250 g/mol. The van der Waals surface area contributed by atoms with E-state index in [0.29, 0.717) is 12.0 Å². The molecule has 1 N–H and O–H groups in total. The zero-order chi connectivity index (χ0) is 13.3. The summed E-state index contributed by atoms with van der Waals surface area (Å²) in [6.07, 6.45) is 0. The van der Waals surface area contributed by atoms with Crippen LogP contribution in [0.25, 0.3) is 10.2 Å². The lowest BCUT2D eigenvalue weighted by Gasteiger charge is -2.16. The van der Waals surface area contributed by atoms with E-state index in [9.17, 15) is 10.1 Å². The molecule has 18 heavy (non-hydrogen) atoms. The Bertz CT molecular complexity index is 580. The standard InChI is InChI=1S/C12H15N3O2S/c1-7(2)8(3)13-12-14-10-5-4-9(15(16)17)6-11(10)18-12/h4-8H,1-3H3,(H,13,14). The van der Waals surface area contributed by atoms with Gasteiger partial charge in [-0.15, -0.1) is 0 Å². The van der Waals surface area contributed by atoms with E-state index < -0.39 is 0 Å². The van der Waals surface area contributed by atoms with E-state index in [1.807, 2.05) is 0 Å². The number of aromatic nitrogens is 1. The number of hydrogen-bond donors (Lipinski definition) is 1. The lowest BCUT2D eigenvalue weighted by atomic mass is 10.1. The van der Waals surface area contributed by atoms with E-state index in [1.54, 1.807) is 12.1 Å². The van der Waals surface area contributed by atoms with E-state index in [0.717, 1.165) is 15.3 Å². The molecule has 2 rings (SSSR count). The Kier molecular flexibility index (Phi) is 3.47. The molecule has 1 aromatic heterocycles. The second-order valence-electron chi connectivity index (χ2n) is 4.61. The van der Waals surface area contributed by atoms with Crippen LogP contribution in [0.15, 0.2) is 18.2 Å². The second kappa shape index (κ2) is 4.89. The maximum atomic E-state index is 10.7. The molecule has 2 aromatic rings. The molecule has 5 nitrogen and oxygen atoms in total. The summed E-state index contributed by atoms with van der Waals surface area (Å²) in [5.41, 5.74) is 0.902. The Hall–Kier alpha value is -1.69. The summed E-state index contributed by atoms with van der Waals surface area (Å²) >= 11 is 1.45. The fraction of sp³-hybridized carbons (Fsp3) is 0.417. The molecule has 1 heterocycles. The molecule has 0 aliphatic heterocycles. The van der Waals surface area contributed by atoms with Crippen molar-refractivity contribution in [1.82, 2.24) is 4.98 Å². The smallest absolute Gasteiger partial charge is 0.270 e. The van der Waals surface area contributed by atoms with Gasteiger partial charge < -0.3 is 5.32 Å². The average molecular weight is 265 g/mol. The van der Waals surface area contributed by atoms with E-state index in [-0.39, 0.29) is 10.6 Å². The molecule has 1 unspecified atom stereocenters. The quantitative estimate of drug-likeness (QED) is 0.676. The predicted molar refractivity (Wildman–Crippen MR) is 74.2 cm³/mol. The van der Waals surface area contributed by atoms with Crippen molar-refractivity contribution in [1.29, 1.82) is 0 Å². The third-order valence-electron chi connectivity index (χ3n) is 2.93. The van der Waals surface area contributed by atoms with Crippen LogP contribution < -0.4 is 5.32 Å². The van der Waals surface area contributed by atoms with Crippen LogP contribution in [0, 0.1) is 16.0 Å². The number of hydrogen-bond acceptors (Lipinski definition) is 5. The predicted octanol–water partition coefficient (Wildman–Crippen LogP) is 3.66. The maximum Gasteiger partial charge on any atom is 0.270 e. The molecule has 1 aromatic carbocycles. The number of nitrogens with zero attached hydrogens (tertiary/aromatic N) is 2. The minimum absolute atomic E-state index is 0.106. The first-order chi connectivity index (χ1) is 8.47. The van der Waals surface area contributed by atoms with Crippen LogP contribution in [0.3, 0.4) is 0 Å². The number of rotatable bonds is 4. The van der Waals surface area contributed by atoms with Gasteiger partial charge in [-0.2, -0.15) is 0 Å². The fourth-order valence-electron chi connectivity index (χ4n) is 1.45. The number of nitrogens with one attached hydrogen (secondary N) is 1. The maximum absolute atomic E-state index is 10.7. The summed E-state index contributed by atoms with van der Waals surface area (Å²) in [5, 5.41) is 14.8. The van der Waals surface area contributed by atoms with Crippen molar-refractivity contribution in [2.75, 3.05) is 5.32 Å². The summed E-state index contributed by atoms with van der Waals surface area (Å²) in [7, 11) is 0. The average Bonchev–Trinajstić information content (AvgIpc) is 2.69. The first-order valence-corrected chi connectivity index (χ1v) is 6.60. The van der Waals surface area contributed by atoms with Gasteiger partial charge in [-0.05, 0) is 18.9 Å². The van der Waals surface area contributed by atoms with Gasteiger partial charge in [0.25, 0.3) is 5.69 Å². The fourth-order valence-corrected chi connectivity index (χ4v) is 2.45. The summed E-state index contributed by atoms with van der Waals surface area (Å²) in [6.45, 7) is 6.37. The lowest BCUT2D eigenvalue weighted by Crippen LogP contribution is -2.21. The van der Waals surface area contributed by atoms with E-state index in [4.69, 9.17) is 0 Å². The van der Waals surface area contributed by atoms with Crippen molar-refractivity contribution in [2.24, 2.45) is 5.92 Å². The third-order valence-corrected chi connectivity index (χ3v) is 3.88. The van der Waals surface area contributed by atoms with Gasteiger partial charge in [0, 0.05) is 18.2 Å². The molecule has 6 heteroatoms. The Morgan fingerprint density at radius 2 is 2.11 bits per heavy atom. The number of benzene rings is 1. The third kappa shape index (κ3) is 2.59. The number of nitro groups is 1. The zero-order valence-electron chi connectivity index (χ0n) is 10.5. The highest BCUT2D eigenvalue weighted by atomic mass is 32.1. The first kappa shape index (κ1) is 12.8. The van der Waals surface area contributed by atoms with Crippen LogP contribution >= 0.6 is 11.3 Å². The van der Waals surface area contributed by atoms with Gasteiger partial charge in [0.1, 0.15) is 0 Å². The van der Waals surface area contributed by atoms with Crippen LogP contribution in [0.2, 0.25) is 0 Å². The largest absolute Gasteiger partial charge is 0.359 e. The number of anilines is 1. The highest BCUT2D eigenvalue weighted by Gasteiger charge is 2.12. The van der Waals surface area contributed by atoms with Crippen molar-refractivity contribution >= 4 is 32.4 Å². The number of nitro benzene ring substituents is 1. The van der Waals surface area contributed by atoms with E-state index in [2.05, 4.69) is 31.1 Å². The Balaban J connectivity index is 2.30. The Labute approximate surface area is 109 Å². The molecular formula is C12H15N3O2S. The normalized spacial score (nSPS) is 12.9. The monoisotopic (exact) mass is 265 g/mol. The molecule has 0 bridgehead atoms. The van der Waals surface area contributed by atoms with Crippen LogP contribution in [0.4, 0.5) is 10.8 Å². The van der Waals surface area contributed by atoms with Gasteiger partial charge in [0.15, 0.2) is 5.13 Å². The molecule has 0 spiro atoms. The van der Waals surface area contributed by atoms with Gasteiger partial charge >= 0.3 is 0 Å². The highest BCUT2D eigenvalue weighted by Crippen LogP contribution is 2.29. The molecule has 0 saturated heterocycles. The van der Waals surface area contributed by atoms with Crippen LogP contribution in [0.5, 0.6) is 0 Å². The van der Waals surface area contributed by atoms with Crippen molar-refractivity contribution in [2.45, 2.75) is 26.8 Å². The summed E-state index contributed by atoms with van der Waals surface area (Å²) in [5.74, 6) is 0.506. The summed E-state index contributed by atoms with van der Waals surface area (Å²) < 4.78 is 0.836. The van der Waals surface area contributed by atoms with Gasteiger partial charge in [-0.1, -0.05) is 25.2 Å². The molecule has 0 radical (unpaired) electrons. The van der Waals surface area contributed by atoms with Crippen LogP contribution in [-0.2, 0) is 0 Å². The number of thiazole rings is 1. The molecule has 0 amide bonds. The SMILES string of the molecule is CC(C)C(C)Nc1nc2ccc([N+](=O)[O-])cc2s1. The number of fused-ring (bicyclic) bond motifs is 1. The number of non-ortho nitro benzene ring substituents is 1.